The fourth-order valence-corrected chi connectivity index (χ4v) is 0.799. The van der Waals surface area contributed by atoms with Crippen molar-refractivity contribution in [2.75, 3.05) is 0 Å². The van der Waals surface area contributed by atoms with Crippen molar-refractivity contribution in [1.29, 1.82) is 0 Å². The molecule has 2 radical (unpaired) electrons. The van der Waals surface area contributed by atoms with Gasteiger partial charge in [-0.3, -0.25) is 0 Å². The molecule has 0 bridgehead atoms. The maximum Gasteiger partial charge on any atom is 0.572 e. The van der Waals surface area contributed by atoms with E-state index in [9.17, 15) is 13.2 Å². The van der Waals surface area contributed by atoms with Gasteiger partial charge in [-0.25, -0.2) is 4.72 Å². The molecule has 0 spiro atoms. The zero-order valence-corrected chi connectivity index (χ0v) is 5.34. The Morgan fingerprint density at radius 1 is 1.60 bits per heavy atom. The second kappa shape index (κ2) is 2.71. The smallest absolute Gasteiger partial charge is 0.407 e. The third kappa shape index (κ3) is 2.49. The predicted molar refractivity (Wildman–Crippen MR) is 29.2 cm³/mol. The Labute approximate surface area is 59.6 Å². The fourth-order valence-electron chi connectivity index (χ4n) is 0.366. The van der Waals surface area contributed by atoms with Crippen molar-refractivity contribution < 1.29 is 17.9 Å². The number of hydrogen-bond acceptors (Lipinski definition) is 3. The topological polar surface area (TPSA) is 21.3 Å². The van der Waals surface area contributed by atoms with Crippen LogP contribution >= 0.6 is 11.9 Å². The van der Waals surface area contributed by atoms with E-state index in [1.54, 1.807) is 0 Å². The predicted octanol–water partition coefficient (Wildman–Crippen LogP) is 1.65. The molecule has 0 saturated heterocycles. The number of nitrogens with one attached hydrogen (secondary N) is 1. The summed E-state index contributed by atoms with van der Waals surface area (Å²) in [5.74, 6) is -0.336. The molecular formula is C4H2F3NOS. The van der Waals surface area contributed by atoms with E-state index in [-0.39, 0.29) is 5.76 Å². The summed E-state index contributed by atoms with van der Waals surface area (Å²) in [6.07, 6.45) is -4.62. The maximum atomic E-state index is 11.4. The molecule has 0 atom stereocenters. The third-order valence-electron chi connectivity index (χ3n) is 0.625. The van der Waals surface area contributed by atoms with E-state index in [1.807, 2.05) is 0 Å². The molecule has 0 aromatic rings. The van der Waals surface area contributed by atoms with E-state index in [4.69, 9.17) is 0 Å². The molecule has 0 aliphatic carbocycles. The SMILES string of the molecule is FC(F)(F)OC1=CSN[C]1. The third-order valence-corrected chi connectivity index (χ3v) is 1.18. The first-order chi connectivity index (χ1) is 4.58. The highest BCUT2D eigenvalue weighted by Gasteiger charge is 2.32. The molecule has 1 rings (SSSR count). The van der Waals surface area contributed by atoms with E-state index < -0.39 is 6.36 Å². The van der Waals surface area contributed by atoms with E-state index in [0.29, 0.717) is 0 Å². The highest BCUT2D eigenvalue weighted by Crippen LogP contribution is 2.25. The molecule has 0 aromatic carbocycles. The summed E-state index contributed by atoms with van der Waals surface area (Å²) in [7, 11) is 0. The van der Waals surface area contributed by atoms with Gasteiger partial charge in [0.15, 0.2) is 0 Å². The molecule has 0 aromatic heterocycles. The van der Waals surface area contributed by atoms with Crippen LogP contribution in [0.5, 0.6) is 0 Å². The summed E-state index contributed by atoms with van der Waals surface area (Å²) in [6.45, 7) is 2.14. The van der Waals surface area contributed by atoms with Crippen molar-refractivity contribution in [3.05, 3.63) is 17.7 Å². The molecule has 0 unspecified atom stereocenters. The van der Waals surface area contributed by atoms with E-state index >= 15 is 0 Å². The van der Waals surface area contributed by atoms with Gasteiger partial charge in [0, 0.05) is 5.41 Å². The standard InChI is InChI=1S/C4H2F3NOS/c5-4(6,7)9-3-1-8-10-2-3/h2,8H. The van der Waals surface area contributed by atoms with Crippen molar-refractivity contribution in [3.63, 3.8) is 0 Å². The van der Waals surface area contributed by atoms with E-state index in [1.165, 1.54) is 5.41 Å². The quantitative estimate of drug-likeness (QED) is 0.603. The van der Waals surface area contributed by atoms with Crippen molar-refractivity contribution >= 4 is 11.9 Å². The lowest BCUT2D eigenvalue weighted by atomic mass is 10.6. The highest BCUT2D eigenvalue weighted by molar-refractivity contribution is 8.00. The summed E-state index contributed by atoms with van der Waals surface area (Å²) in [5.41, 5.74) is 0. The van der Waals surface area contributed by atoms with Crippen LogP contribution in [-0.2, 0) is 4.74 Å². The first kappa shape index (κ1) is 7.74. The van der Waals surface area contributed by atoms with E-state index in [0.717, 1.165) is 11.9 Å². The molecular weight excluding hydrogens is 167 g/mol. The highest BCUT2D eigenvalue weighted by atomic mass is 32.2. The minimum atomic E-state index is -4.62. The Morgan fingerprint density at radius 2 is 2.30 bits per heavy atom. The molecule has 10 heavy (non-hydrogen) atoms. The average Bonchev–Trinajstić information content (AvgIpc) is 2.12. The molecule has 1 heterocycles. The van der Waals surface area contributed by atoms with Crippen molar-refractivity contribution in [2.24, 2.45) is 0 Å². The first-order valence-electron chi connectivity index (χ1n) is 2.20. The number of ether oxygens (including phenoxy) is 1. The average molecular weight is 169 g/mol. The van der Waals surface area contributed by atoms with Crippen LogP contribution in [0.4, 0.5) is 13.2 Å². The largest absolute Gasteiger partial charge is 0.572 e. The second-order valence-corrected chi connectivity index (χ2v) is 2.05. The number of halogens is 3. The van der Waals surface area contributed by atoms with Gasteiger partial charge >= 0.3 is 6.36 Å². The Bertz CT molecular complexity index is 155. The van der Waals surface area contributed by atoms with Crippen LogP contribution in [0.15, 0.2) is 11.2 Å². The number of rotatable bonds is 1. The minimum Gasteiger partial charge on any atom is -0.407 e. The van der Waals surface area contributed by atoms with Gasteiger partial charge in [-0.1, -0.05) is 0 Å². The Morgan fingerprint density at radius 3 is 2.70 bits per heavy atom. The van der Waals surface area contributed by atoms with Gasteiger partial charge in [-0.15, -0.1) is 13.2 Å². The minimum absolute atomic E-state index is 0.336. The second-order valence-electron chi connectivity index (χ2n) is 1.37. The van der Waals surface area contributed by atoms with Crippen molar-refractivity contribution in [2.45, 2.75) is 6.36 Å². The zero-order chi connectivity index (χ0) is 7.61. The Hall–Kier alpha value is -0.360. The molecule has 56 valence electrons. The number of alkyl halides is 3. The van der Waals surface area contributed by atoms with Crippen molar-refractivity contribution in [1.82, 2.24) is 4.72 Å². The van der Waals surface area contributed by atoms with Crippen molar-refractivity contribution in [3.8, 4) is 0 Å². The van der Waals surface area contributed by atoms with Crippen LogP contribution in [0.3, 0.4) is 0 Å². The van der Waals surface area contributed by atoms with Gasteiger partial charge in [0.25, 0.3) is 0 Å². The molecule has 1 N–H and O–H groups in total. The summed E-state index contributed by atoms with van der Waals surface area (Å²) in [5, 5.41) is 1.17. The Kier molecular flexibility index (Phi) is 2.10. The van der Waals surface area contributed by atoms with Gasteiger partial charge in [0.05, 0.1) is 0 Å². The molecule has 0 amide bonds. The van der Waals surface area contributed by atoms with Gasteiger partial charge in [0.2, 0.25) is 0 Å². The van der Waals surface area contributed by atoms with Gasteiger partial charge < -0.3 is 4.74 Å². The molecule has 2 nitrogen and oxygen atoms in total. The van der Waals surface area contributed by atoms with Crippen LogP contribution in [0.1, 0.15) is 0 Å². The van der Waals surface area contributed by atoms with Gasteiger partial charge in [0.1, 0.15) is 12.3 Å². The fraction of sp³-hybridized carbons (Fsp3) is 0.250. The summed E-state index contributed by atoms with van der Waals surface area (Å²) < 4.78 is 39.9. The maximum absolute atomic E-state index is 11.4. The van der Waals surface area contributed by atoms with Crippen LogP contribution in [-0.4, -0.2) is 6.36 Å². The molecule has 6 heteroatoms. The molecule has 0 saturated carbocycles. The summed E-state index contributed by atoms with van der Waals surface area (Å²) in [4.78, 5) is 0. The van der Waals surface area contributed by atoms with Crippen LogP contribution < -0.4 is 4.72 Å². The summed E-state index contributed by atoms with van der Waals surface area (Å²) in [6, 6.07) is 0. The summed E-state index contributed by atoms with van der Waals surface area (Å²) >= 11 is 0.975. The van der Waals surface area contributed by atoms with Crippen LogP contribution in [0, 0.1) is 6.54 Å². The number of hydrogen-bond donors (Lipinski definition) is 1. The monoisotopic (exact) mass is 169 g/mol. The zero-order valence-electron chi connectivity index (χ0n) is 4.53. The Balaban J connectivity index is 2.38. The van der Waals surface area contributed by atoms with Crippen LogP contribution in [0.25, 0.3) is 0 Å². The lowest BCUT2D eigenvalue weighted by molar-refractivity contribution is -0.304. The van der Waals surface area contributed by atoms with E-state index in [2.05, 4.69) is 16.0 Å². The molecule has 0 fully saturated rings. The lowest BCUT2D eigenvalue weighted by Crippen LogP contribution is -2.13. The van der Waals surface area contributed by atoms with Gasteiger partial charge in [-0.05, 0) is 11.9 Å². The normalized spacial score (nSPS) is 18.9. The molecule has 1 aliphatic rings. The first-order valence-corrected chi connectivity index (χ1v) is 3.08. The molecule has 1 aliphatic heterocycles. The lowest BCUT2D eigenvalue weighted by Gasteiger charge is -2.06. The van der Waals surface area contributed by atoms with Gasteiger partial charge in [-0.2, -0.15) is 0 Å². The van der Waals surface area contributed by atoms with Crippen LogP contribution in [0.2, 0.25) is 0 Å².